The van der Waals surface area contributed by atoms with Gasteiger partial charge in [0.05, 0.1) is 4.90 Å². The molecule has 1 aromatic rings. The first-order valence-electron chi connectivity index (χ1n) is 11.8. The van der Waals surface area contributed by atoms with E-state index in [1.165, 1.54) is 17.4 Å². The number of primary amides is 1. The van der Waals surface area contributed by atoms with E-state index in [9.17, 15) is 18.0 Å². The summed E-state index contributed by atoms with van der Waals surface area (Å²) in [6, 6.07) is 4.65. The molecule has 5 fully saturated rings. The summed E-state index contributed by atoms with van der Waals surface area (Å²) in [5, 5.41) is 3.65. The van der Waals surface area contributed by atoms with Crippen LogP contribution in [0.1, 0.15) is 56.9 Å². The van der Waals surface area contributed by atoms with Crippen LogP contribution in [0.5, 0.6) is 0 Å². The van der Waals surface area contributed by atoms with Crippen molar-refractivity contribution < 1.29 is 18.0 Å². The molecule has 5 aliphatic carbocycles. The molecule has 2 unspecified atom stereocenters. The quantitative estimate of drug-likeness (QED) is 0.634. The van der Waals surface area contributed by atoms with Gasteiger partial charge in [-0.25, -0.2) is 8.42 Å². The lowest BCUT2D eigenvalue weighted by Gasteiger charge is -2.59. The van der Waals surface area contributed by atoms with E-state index in [1.807, 2.05) is 6.92 Å². The van der Waals surface area contributed by atoms with Crippen molar-refractivity contribution in [3.8, 4) is 0 Å². The summed E-state index contributed by atoms with van der Waals surface area (Å²) in [7, 11) is -2.40. The highest BCUT2D eigenvalue weighted by Gasteiger charge is 2.60. The first-order chi connectivity index (χ1) is 15.5. The minimum absolute atomic E-state index is 0.0241. The molecule has 9 heteroatoms. The van der Waals surface area contributed by atoms with Gasteiger partial charge in [-0.1, -0.05) is 17.7 Å². The van der Waals surface area contributed by atoms with Crippen molar-refractivity contribution in [2.45, 2.75) is 74.8 Å². The molecule has 33 heavy (non-hydrogen) atoms. The van der Waals surface area contributed by atoms with Gasteiger partial charge in [-0.15, -0.1) is 0 Å². The van der Waals surface area contributed by atoms with Gasteiger partial charge in [0.2, 0.25) is 21.8 Å². The Bertz CT molecular complexity index is 1100. The number of carbonyl (C=O) groups is 2. The number of benzene rings is 1. The number of hydrogen-bond acceptors (Lipinski definition) is 4. The standard InChI is InChI=1S/C24H32ClN3O4S/c1-14-4-5-18(10-19(14)25)33(31,32)28(2)24(6-3-7-24)22(30)27-20-16-8-15-9-17(20)13-23(11-15,12-16)21(26)29/h4-5,10,15-17,20H,3,6-9,11-13H2,1-2H3,(H2,26,29)(H,27,30). The van der Waals surface area contributed by atoms with E-state index in [-0.39, 0.29) is 34.6 Å². The van der Waals surface area contributed by atoms with E-state index < -0.39 is 21.0 Å². The van der Waals surface area contributed by atoms with Crippen LogP contribution in [0.15, 0.2) is 23.1 Å². The van der Waals surface area contributed by atoms with Gasteiger partial charge in [0.15, 0.2) is 0 Å². The van der Waals surface area contributed by atoms with Gasteiger partial charge in [-0.05, 0) is 93.7 Å². The van der Waals surface area contributed by atoms with Crippen molar-refractivity contribution >= 4 is 33.4 Å². The van der Waals surface area contributed by atoms with Gasteiger partial charge >= 0.3 is 0 Å². The van der Waals surface area contributed by atoms with Gasteiger partial charge in [-0.3, -0.25) is 9.59 Å². The van der Waals surface area contributed by atoms with Crippen LogP contribution in [-0.2, 0) is 19.6 Å². The van der Waals surface area contributed by atoms with Crippen molar-refractivity contribution in [3.63, 3.8) is 0 Å². The Balaban J connectivity index is 1.38. The Labute approximate surface area is 200 Å². The summed E-state index contributed by atoms with van der Waals surface area (Å²) in [4.78, 5) is 26.0. The summed E-state index contributed by atoms with van der Waals surface area (Å²) in [6.45, 7) is 1.82. The third-order valence-electron chi connectivity index (χ3n) is 9.10. The Morgan fingerprint density at radius 2 is 1.79 bits per heavy atom. The van der Waals surface area contributed by atoms with Crippen LogP contribution in [0.4, 0.5) is 0 Å². The third-order valence-corrected chi connectivity index (χ3v) is 11.4. The predicted octanol–water partition coefficient (Wildman–Crippen LogP) is 2.99. The molecule has 6 rings (SSSR count). The summed E-state index contributed by atoms with van der Waals surface area (Å²) in [6.07, 6.45) is 6.10. The van der Waals surface area contributed by atoms with Crippen LogP contribution in [0.2, 0.25) is 5.02 Å². The SMILES string of the molecule is Cc1ccc(S(=O)(=O)N(C)C2(C(=O)NC3C4CC5CC3CC(C(N)=O)(C5)C4)CCC2)cc1Cl. The number of nitrogens with one attached hydrogen (secondary N) is 1. The number of nitrogens with zero attached hydrogens (tertiary/aromatic N) is 1. The van der Waals surface area contributed by atoms with Crippen LogP contribution >= 0.6 is 11.6 Å². The number of halogens is 1. The molecule has 2 atom stereocenters. The Morgan fingerprint density at radius 1 is 1.15 bits per heavy atom. The fourth-order valence-electron chi connectivity index (χ4n) is 7.17. The highest BCUT2D eigenvalue weighted by molar-refractivity contribution is 7.89. The molecular weight excluding hydrogens is 462 g/mol. The van der Waals surface area contributed by atoms with Crippen molar-refractivity contribution in [2.24, 2.45) is 28.9 Å². The number of aryl methyl sites for hydroxylation is 1. The molecule has 7 nitrogen and oxygen atoms in total. The highest BCUT2D eigenvalue weighted by Crippen LogP contribution is 2.60. The van der Waals surface area contributed by atoms with Gasteiger partial charge in [0.1, 0.15) is 5.54 Å². The fourth-order valence-corrected chi connectivity index (χ4v) is 8.96. The number of nitrogens with two attached hydrogens (primary N) is 1. The number of hydrogen-bond donors (Lipinski definition) is 2. The van der Waals surface area contributed by atoms with E-state index in [0.29, 0.717) is 23.8 Å². The Kier molecular flexibility index (Phi) is 5.38. The minimum atomic E-state index is -3.90. The average Bonchev–Trinajstić information content (AvgIpc) is 2.71. The molecule has 3 N–H and O–H groups in total. The topological polar surface area (TPSA) is 110 Å². The van der Waals surface area contributed by atoms with E-state index in [4.69, 9.17) is 17.3 Å². The zero-order valence-electron chi connectivity index (χ0n) is 19.1. The van der Waals surface area contributed by atoms with Crippen molar-refractivity contribution in [1.82, 2.24) is 9.62 Å². The molecule has 5 aliphatic rings. The minimum Gasteiger partial charge on any atom is -0.369 e. The molecule has 0 spiro atoms. The molecule has 180 valence electrons. The van der Waals surface area contributed by atoms with Gasteiger partial charge in [-0.2, -0.15) is 4.31 Å². The van der Waals surface area contributed by atoms with Gasteiger partial charge in [0.25, 0.3) is 0 Å². The van der Waals surface area contributed by atoms with E-state index >= 15 is 0 Å². The molecule has 0 saturated heterocycles. The first kappa shape index (κ1) is 23.1. The summed E-state index contributed by atoms with van der Waals surface area (Å²) >= 11 is 6.19. The molecule has 5 saturated carbocycles. The van der Waals surface area contributed by atoms with Crippen LogP contribution in [0, 0.1) is 30.1 Å². The number of carbonyl (C=O) groups excluding carboxylic acids is 2. The Hall–Kier alpha value is -1.64. The predicted molar refractivity (Wildman–Crippen MR) is 125 cm³/mol. The Morgan fingerprint density at radius 3 is 2.30 bits per heavy atom. The van der Waals surface area contributed by atoms with Gasteiger partial charge in [0, 0.05) is 23.5 Å². The second-order valence-electron chi connectivity index (χ2n) is 10.9. The van der Waals surface area contributed by atoms with Crippen LogP contribution in [0.25, 0.3) is 0 Å². The average molecular weight is 494 g/mol. The number of rotatable bonds is 6. The van der Waals surface area contributed by atoms with Crippen molar-refractivity contribution in [3.05, 3.63) is 28.8 Å². The normalized spacial score (nSPS) is 34.2. The maximum atomic E-state index is 13.7. The first-order valence-corrected chi connectivity index (χ1v) is 13.7. The molecule has 0 aliphatic heterocycles. The lowest BCUT2D eigenvalue weighted by molar-refractivity contribution is -0.150. The molecule has 1 aromatic carbocycles. The summed E-state index contributed by atoms with van der Waals surface area (Å²) in [5.41, 5.74) is 5.08. The van der Waals surface area contributed by atoms with Crippen LogP contribution in [0.3, 0.4) is 0 Å². The summed E-state index contributed by atoms with van der Waals surface area (Å²) < 4.78 is 28.1. The zero-order valence-corrected chi connectivity index (χ0v) is 20.7. The lowest BCUT2D eigenvalue weighted by Crippen LogP contribution is -2.68. The largest absolute Gasteiger partial charge is 0.369 e. The molecule has 0 heterocycles. The monoisotopic (exact) mass is 493 g/mol. The second-order valence-corrected chi connectivity index (χ2v) is 13.3. The van der Waals surface area contributed by atoms with E-state index in [0.717, 1.165) is 44.1 Å². The molecule has 0 aromatic heterocycles. The highest BCUT2D eigenvalue weighted by atomic mass is 35.5. The molecule has 2 amide bonds. The third kappa shape index (κ3) is 3.43. The lowest BCUT2D eigenvalue weighted by atomic mass is 9.47. The van der Waals surface area contributed by atoms with Crippen molar-refractivity contribution in [1.29, 1.82) is 0 Å². The van der Waals surface area contributed by atoms with Crippen LogP contribution in [-0.4, -0.2) is 43.2 Å². The number of likely N-dealkylation sites (N-methyl/N-ethyl adjacent to an activating group) is 1. The number of sulfonamides is 1. The maximum Gasteiger partial charge on any atom is 0.243 e. The smallest absolute Gasteiger partial charge is 0.243 e. The van der Waals surface area contributed by atoms with E-state index in [2.05, 4.69) is 5.32 Å². The number of amides is 2. The summed E-state index contributed by atoms with van der Waals surface area (Å²) in [5.74, 6) is 0.522. The molecule has 4 bridgehead atoms. The van der Waals surface area contributed by atoms with E-state index in [1.54, 1.807) is 12.1 Å². The maximum absolute atomic E-state index is 13.7. The van der Waals surface area contributed by atoms with Crippen LogP contribution < -0.4 is 11.1 Å². The zero-order chi connectivity index (χ0) is 23.8. The molecule has 0 radical (unpaired) electrons. The fraction of sp³-hybridized carbons (Fsp3) is 0.667. The van der Waals surface area contributed by atoms with Gasteiger partial charge < -0.3 is 11.1 Å². The molecular formula is C24H32ClN3O4S. The second kappa shape index (κ2) is 7.68. The van der Waals surface area contributed by atoms with Crippen molar-refractivity contribution in [2.75, 3.05) is 7.05 Å².